The molecule has 0 aromatic rings. The van der Waals surface area contributed by atoms with Gasteiger partial charge in [-0.3, -0.25) is 0 Å². The molecule has 1 atom stereocenters. The molecule has 4 heteroatoms. The van der Waals surface area contributed by atoms with E-state index in [9.17, 15) is 0 Å². The second-order valence-electron chi connectivity index (χ2n) is 2.27. The molecule has 1 heterocycles. The summed E-state index contributed by atoms with van der Waals surface area (Å²) >= 11 is 5.06. The van der Waals surface area contributed by atoms with Crippen molar-refractivity contribution in [3.8, 4) is 12.3 Å². The highest BCUT2D eigenvalue weighted by molar-refractivity contribution is 14.3. The zero-order valence-corrected chi connectivity index (χ0v) is 10.8. The van der Waals surface area contributed by atoms with Gasteiger partial charge < -0.3 is 0 Å². The summed E-state index contributed by atoms with van der Waals surface area (Å²) in [7, 11) is 2.13. The molecule has 0 saturated carbocycles. The van der Waals surface area contributed by atoms with E-state index in [-0.39, 0.29) is 0 Å². The van der Waals surface area contributed by atoms with E-state index in [2.05, 4.69) is 59.7 Å². The molecule has 1 fully saturated rings. The van der Waals surface area contributed by atoms with Crippen molar-refractivity contribution in [2.75, 3.05) is 12.8 Å². The number of rotatable bonds is 0. The molecule has 1 saturated heterocycles. The Bertz CT molecular complexity index is 175. The molecule has 1 nitrogen and oxygen atoms in total. The second kappa shape index (κ2) is 3.37. The van der Waals surface area contributed by atoms with Crippen LogP contribution >= 0.6 is 47.0 Å². The average molecular weight is 381 g/mol. The number of hydrogen-bond acceptors (Lipinski definition) is 1. The van der Waals surface area contributed by atoms with E-state index in [0.717, 1.165) is 0 Å². The largest absolute Gasteiger partial charge is 0.240 e. The molecule has 0 radical (unpaired) electrons. The first-order valence-corrected chi connectivity index (χ1v) is 9.82. The fourth-order valence-corrected chi connectivity index (χ4v) is 5.46. The molecule has 0 amide bonds. The Morgan fingerprint density at radius 1 is 1.70 bits per heavy atom. The third-order valence-electron chi connectivity index (χ3n) is 1.69. The van der Waals surface area contributed by atoms with Crippen LogP contribution in [0.15, 0.2) is 0 Å². The Kier molecular flexibility index (Phi) is 3.18. The lowest BCUT2D eigenvalue weighted by atomic mass is 10.2. The topological polar surface area (TPSA) is 3.24 Å². The van der Waals surface area contributed by atoms with Crippen LogP contribution in [0.5, 0.6) is 0 Å². The maximum atomic E-state index is 5.36. The minimum absolute atomic E-state index is 0.392. The fraction of sp³-hybridized carbons (Fsp3) is 0.667. The number of halogens is 2. The smallest absolute Gasteiger partial charge is 0.0811 e. The lowest BCUT2D eigenvalue weighted by Gasteiger charge is -2.30. The van der Waals surface area contributed by atoms with Gasteiger partial charge in [0.2, 0.25) is 0 Å². The van der Waals surface area contributed by atoms with Crippen molar-refractivity contribution in [3.05, 3.63) is 0 Å². The summed E-state index contributed by atoms with van der Waals surface area (Å²) in [6.45, 7) is 0. The summed E-state index contributed by atoms with van der Waals surface area (Å²) in [6, 6.07) is 0.392. The van der Waals surface area contributed by atoms with Gasteiger partial charge in [0.15, 0.2) is 0 Å². The molecule has 0 bridgehead atoms. The van der Waals surface area contributed by atoms with Gasteiger partial charge in [-0.1, -0.05) is 10.5 Å². The Morgan fingerprint density at radius 2 is 2.30 bits per heavy atom. The molecular weight excluding hydrogens is 372 g/mol. The molecule has 0 N–H and O–H groups in total. The molecule has 0 aromatic carbocycles. The minimum Gasteiger partial charge on any atom is -0.240 e. The summed E-state index contributed by atoms with van der Waals surface area (Å²) < 4.78 is 1.79. The Morgan fingerprint density at radius 3 is 2.50 bits per heavy atom. The summed E-state index contributed by atoms with van der Waals surface area (Å²) in [5.41, 5.74) is 0. The van der Waals surface area contributed by atoms with Crippen molar-refractivity contribution in [1.82, 2.24) is 4.31 Å². The number of nitrogens with zero attached hydrogens (tertiary/aromatic N) is 1. The fourth-order valence-electron chi connectivity index (χ4n) is 0.954. The van der Waals surface area contributed by atoms with Crippen LogP contribution in [-0.2, 0) is 0 Å². The van der Waals surface area contributed by atoms with Gasteiger partial charge in [-0.25, -0.2) is 4.31 Å². The third kappa shape index (κ3) is 1.73. The van der Waals surface area contributed by atoms with Crippen LogP contribution in [0.1, 0.15) is 6.42 Å². The van der Waals surface area contributed by atoms with Crippen molar-refractivity contribution < 1.29 is 0 Å². The van der Waals surface area contributed by atoms with Crippen LogP contribution in [0, 0.1) is 12.3 Å². The Labute approximate surface area is 87.9 Å². The Hall–Kier alpha value is 1.33. The van der Waals surface area contributed by atoms with Gasteiger partial charge >= 0.3 is 0 Å². The zero-order chi connectivity index (χ0) is 7.78. The summed E-state index contributed by atoms with van der Waals surface area (Å²) in [5.74, 6) is 4.08. The first kappa shape index (κ1) is 9.42. The predicted molar refractivity (Wildman–Crippen MR) is 65.5 cm³/mol. The van der Waals surface area contributed by atoms with E-state index in [4.69, 9.17) is 6.42 Å². The number of terminal acetylenes is 1. The first-order chi connectivity index (χ1) is 4.58. The van der Waals surface area contributed by atoms with E-state index in [1.807, 2.05) is 0 Å². The molecule has 0 aromatic heterocycles. The van der Waals surface area contributed by atoms with E-state index in [1.54, 1.807) is 0 Å². The van der Waals surface area contributed by atoms with E-state index < -0.39 is 4.56 Å². The highest BCUT2D eigenvalue weighted by Gasteiger charge is 2.34. The lowest BCUT2D eigenvalue weighted by molar-refractivity contribution is 0.511. The van der Waals surface area contributed by atoms with Gasteiger partial charge in [0, 0.05) is 48.2 Å². The van der Waals surface area contributed by atoms with Gasteiger partial charge in [0.25, 0.3) is 0 Å². The van der Waals surface area contributed by atoms with Crippen LogP contribution in [0.3, 0.4) is 0 Å². The summed E-state index contributed by atoms with van der Waals surface area (Å²) in [5, 5.41) is 0. The first-order valence-electron chi connectivity index (χ1n) is 2.97. The summed E-state index contributed by atoms with van der Waals surface area (Å²) in [4.78, 5) is 0. The minimum atomic E-state index is -0.555. The van der Waals surface area contributed by atoms with Crippen molar-refractivity contribution >= 4 is 47.0 Å². The highest BCUT2D eigenvalue weighted by atomic mass is 127. The van der Waals surface area contributed by atoms with Crippen LogP contribution in [0.4, 0.5) is 0 Å². The van der Waals surface area contributed by atoms with Crippen LogP contribution in [0.2, 0.25) is 0 Å². The lowest BCUT2D eigenvalue weighted by Crippen LogP contribution is -2.20. The monoisotopic (exact) mass is 381 g/mol. The van der Waals surface area contributed by atoms with Gasteiger partial charge in [-0.15, -0.1) is 6.42 Å². The molecule has 1 unspecified atom stereocenters. The maximum Gasteiger partial charge on any atom is 0.0811 e. The van der Waals surface area contributed by atoms with Crippen molar-refractivity contribution in [2.24, 2.45) is 0 Å². The average Bonchev–Trinajstić information content (AvgIpc) is 2.10. The van der Waals surface area contributed by atoms with Gasteiger partial charge in [-0.05, 0) is 13.5 Å². The molecule has 1 aliphatic rings. The molecule has 58 valence electrons. The van der Waals surface area contributed by atoms with Crippen molar-refractivity contribution in [2.45, 2.75) is 12.5 Å². The van der Waals surface area contributed by atoms with Gasteiger partial charge in [0.1, 0.15) is 0 Å². The molecular formula is C6H9I2NS. The predicted octanol–water partition coefficient (Wildman–Crippen LogP) is 2.74. The van der Waals surface area contributed by atoms with Gasteiger partial charge in [0.05, 0.1) is 6.04 Å². The Balaban J connectivity index is 2.69. The van der Waals surface area contributed by atoms with Crippen molar-refractivity contribution in [3.63, 3.8) is 0 Å². The standard InChI is InChI=1S/C6H9I2NS/c1-3-6-4-5-10(7,8)9(6)2/h1,6H,4-5H2,2H3. The molecule has 1 aliphatic heterocycles. The maximum absolute atomic E-state index is 5.36. The molecule has 0 aliphatic carbocycles. The van der Waals surface area contributed by atoms with Gasteiger partial charge in [-0.2, -0.15) is 0 Å². The van der Waals surface area contributed by atoms with Crippen LogP contribution < -0.4 is 0 Å². The van der Waals surface area contributed by atoms with E-state index in [0.29, 0.717) is 6.04 Å². The second-order valence-corrected chi connectivity index (χ2v) is 18.1. The van der Waals surface area contributed by atoms with Crippen molar-refractivity contribution in [1.29, 1.82) is 0 Å². The third-order valence-corrected chi connectivity index (χ3v) is 9.88. The van der Waals surface area contributed by atoms with Crippen LogP contribution in [0.25, 0.3) is 0 Å². The quantitative estimate of drug-likeness (QED) is 0.461. The summed E-state index contributed by atoms with van der Waals surface area (Å²) in [6.07, 6.45) is 6.54. The molecule has 1 rings (SSSR count). The molecule has 10 heavy (non-hydrogen) atoms. The zero-order valence-electron chi connectivity index (χ0n) is 5.68. The van der Waals surface area contributed by atoms with E-state index in [1.165, 1.54) is 12.2 Å². The molecule has 0 spiro atoms. The normalized spacial score (nSPS) is 35.2. The van der Waals surface area contributed by atoms with E-state index >= 15 is 0 Å². The SMILES string of the molecule is C#CC1CCS(I)(I)N1C. The number of hydrogen-bond donors (Lipinski definition) is 0. The highest BCUT2D eigenvalue weighted by Crippen LogP contribution is 2.70. The van der Waals surface area contributed by atoms with Crippen LogP contribution in [-0.4, -0.2) is 23.1 Å².